The molecule has 1 saturated heterocycles. The number of ether oxygens (including phenoxy) is 2. The van der Waals surface area contributed by atoms with E-state index >= 15 is 0 Å². The Morgan fingerprint density at radius 1 is 1.00 bits per heavy atom. The highest BCUT2D eigenvalue weighted by molar-refractivity contribution is 6.05. The minimum atomic E-state index is -1.08. The van der Waals surface area contributed by atoms with Crippen molar-refractivity contribution in [2.75, 3.05) is 17.3 Å². The number of nitrogens with zero attached hydrogens (tertiary/aromatic N) is 1. The van der Waals surface area contributed by atoms with E-state index < -0.39 is 29.7 Å². The van der Waals surface area contributed by atoms with Gasteiger partial charge in [0.15, 0.2) is 0 Å². The Morgan fingerprint density at radius 2 is 1.76 bits per heavy atom. The number of amides is 2. The quantitative estimate of drug-likeness (QED) is 0.508. The molecule has 1 aliphatic heterocycles. The second-order valence-electron chi connectivity index (χ2n) is 8.35. The van der Waals surface area contributed by atoms with Gasteiger partial charge in [-0.1, -0.05) is 6.07 Å². The van der Waals surface area contributed by atoms with Crippen LogP contribution in [0.15, 0.2) is 66.7 Å². The van der Waals surface area contributed by atoms with Crippen LogP contribution in [0.2, 0.25) is 0 Å². The van der Waals surface area contributed by atoms with Gasteiger partial charge >= 0.3 is 0 Å². The highest BCUT2D eigenvalue weighted by atomic mass is 19.1. The molecule has 8 heteroatoms. The van der Waals surface area contributed by atoms with E-state index in [1.54, 1.807) is 48.5 Å². The molecule has 1 saturated carbocycles. The van der Waals surface area contributed by atoms with E-state index in [0.29, 0.717) is 22.9 Å². The van der Waals surface area contributed by atoms with Crippen LogP contribution >= 0.6 is 0 Å². The molecule has 0 aromatic heterocycles. The predicted octanol–water partition coefficient (Wildman–Crippen LogP) is 4.86. The first-order valence-corrected chi connectivity index (χ1v) is 10.9. The van der Waals surface area contributed by atoms with Crippen LogP contribution in [-0.4, -0.2) is 25.0 Å². The summed E-state index contributed by atoms with van der Waals surface area (Å²) in [5.74, 6) is -0.735. The molecule has 3 aromatic carbocycles. The zero-order valence-electron chi connectivity index (χ0n) is 18.3. The summed E-state index contributed by atoms with van der Waals surface area (Å²) < 4.78 is 39.9. The first kappa shape index (κ1) is 21.9. The zero-order chi connectivity index (χ0) is 23.8. The minimum Gasteiger partial charge on any atom is -0.497 e. The van der Waals surface area contributed by atoms with Crippen molar-refractivity contribution < 1.29 is 27.8 Å². The number of rotatable bonds is 7. The number of hydrogen-bond acceptors (Lipinski definition) is 4. The van der Waals surface area contributed by atoms with Gasteiger partial charge in [-0.3, -0.25) is 14.5 Å². The second-order valence-corrected chi connectivity index (χ2v) is 8.35. The molecule has 174 valence electrons. The Balaban J connectivity index is 1.44. The number of carbonyl (C=O) groups is 2. The van der Waals surface area contributed by atoms with Crippen molar-refractivity contribution in [3.8, 4) is 11.5 Å². The van der Waals surface area contributed by atoms with Crippen molar-refractivity contribution >= 4 is 23.2 Å². The standard InChI is InChI=1S/C26H22F2N2O4/c1-33-19-10-8-18(9-11-19)30-23(21-13-16(27)7-12-22(21)28)24(26(30)32)34-20-4-2-3-17(14-20)29-25(31)15-5-6-15/h2-4,7-15,23-24H,5-6H2,1H3,(H,29,31)/t23-,24+/m1/s1. The molecular weight excluding hydrogens is 442 g/mol. The van der Waals surface area contributed by atoms with Gasteiger partial charge in [-0.25, -0.2) is 8.78 Å². The first-order chi connectivity index (χ1) is 16.4. The third kappa shape index (κ3) is 4.19. The Kier molecular flexibility index (Phi) is 5.65. The average molecular weight is 464 g/mol. The molecule has 2 aliphatic rings. The smallest absolute Gasteiger partial charge is 0.271 e. The van der Waals surface area contributed by atoms with E-state index in [4.69, 9.17) is 9.47 Å². The maximum absolute atomic E-state index is 14.7. The van der Waals surface area contributed by atoms with Crippen molar-refractivity contribution in [1.82, 2.24) is 0 Å². The first-order valence-electron chi connectivity index (χ1n) is 10.9. The van der Waals surface area contributed by atoms with Crippen LogP contribution in [0.25, 0.3) is 0 Å². The molecule has 0 bridgehead atoms. The van der Waals surface area contributed by atoms with Crippen LogP contribution < -0.4 is 19.7 Å². The summed E-state index contributed by atoms with van der Waals surface area (Å²) >= 11 is 0. The van der Waals surface area contributed by atoms with E-state index in [1.165, 1.54) is 12.0 Å². The molecule has 2 amide bonds. The van der Waals surface area contributed by atoms with Crippen molar-refractivity contribution in [3.63, 3.8) is 0 Å². The van der Waals surface area contributed by atoms with Crippen LogP contribution in [0.4, 0.5) is 20.2 Å². The maximum atomic E-state index is 14.7. The third-order valence-corrected chi connectivity index (χ3v) is 5.99. The number of methoxy groups -OCH3 is 1. The van der Waals surface area contributed by atoms with Crippen LogP contribution in [0.3, 0.4) is 0 Å². The van der Waals surface area contributed by atoms with E-state index in [0.717, 1.165) is 31.0 Å². The van der Waals surface area contributed by atoms with E-state index in [9.17, 15) is 18.4 Å². The number of nitrogens with one attached hydrogen (secondary N) is 1. The molecule has 0 radical (unpaired) electrons. The van der Waals surface area contributed by atoms with Crippen LogP contribution in [0.1, 0.15) is 24.4 Å². The van der Waals surface area contributed by atoms with E-state index in [2.05, 4.69) is 5.32 Å². The number of carbonyl (C=O) groups excluding carboxylic acids is 2. The van der Waals surface area contributed by atoms with Gasteiger partial charge in [0.2, 0.25) is 12.0 Å². The summed E-state index contributed by atoms with van der Waals surface area (Å²) in [4.78, 5) is 26.6. The highest BCUT2D eigenvalue weighted by Crippen LogP contribution is 2.43. The number of anilines is 2. The fourth-order valence-electron chi connectivity index (χ4n) is 4.04. The molecular formula is C26H22F2N2O4. The van der Waals surface area contributed by atoms with Gasteiger partial charge in [0.05, 0.1) is 7.11 Å². The minimum absolute atomic E-state index is 0.0126. The maximum Gasteiger partial charge on any atom is 0.271 e. The summed E-state index contributed by atoms with van der Waals surface area (Å²) in [7, 11) is 1.53. The monoisotopic (exact) mass is 464 g/mol. The summed E-state index contributed by atoms with van der Waals surface area (Å²) in [6.07, 6.45) is 0.675. The van der Waals surface area contributed by atoms with Crippen LogP contribution in [-0.2, 0) is 9.59 Å². The molecule has 6 nitrogen and oxygen atoms in total. The molecule has 1 aliphatic carbocycles. The van der Waals surface area contributed by atoms with Gasteiger partial charge in [0.1, 0.15) is 29.2 Å². The second kappa shape index (κ2) is 8.78. The van der Waals surface area contributed by atoms with Gasteiger partial charge in [-0.15, -0.1) is 0 Å². The summed E-state index contributed by atoms with van der Waals surface area (Å²) in [5.41, 5.74) is 1.06. The lowest BCUT2D eigenvalue weighted by atomic mass is 9.89. The highest BCUT2D eigenvalue weighted by Gasteiger charge is 2.52. The van der Waals surface area contributed by atoms with Crippen LogP contribution in [0, 0.1) is 17.6 Å². The van der Waals surface area contributed by atoms with Gasteiger partial charge in [-0.2, -0.15) is 0 Å². The molecule has 1 heterocycles. The lowest BCUT2D eigenvalue weighted by Gasteiger charge is -2.46. The molecule has 5 rings (SSSR count). The SMILES string of the molecule is COc1ccc(N2C(=O)[C@@H](Oc3cccc(NC(=O)C4CC4)c3)[C@H]2c2cc(F)ccc2F)cc1. The zero-order valence-corrected chi connectivity index (χ0v) is 18.3. The van der Waals surface area contributed by atoms with Gasteiger partial charge < -0.3 is 14.8 Å². The van der Waals surface area contributed by atoms with E-state index in [-0.39, 0.29) is 17.4 Å². The molecule has 0 spiro atoms. The van der Waals surface area contributed by atoms with Crippen LogP contribution in [0.5, 0.6) is 11.5 Å². The summed E-state index contributed by atoms with van der Waals surface area (Å²) in [6.45, 7) is 0. The number of halogens is 2. The molecule has 1 N–H and O–H groups in total. The van der Waals surface area contributed by atoms with Crippen molar-refractivity contribution in [3.05, 3.63) is 83.9 Å². The Bertz CT molecular complexity index is 1240. The summed E-state index contributed by atoms with van der Waals surface area (Å²) in [6, 6.07) is 15.6. The van der Waals surface area contributed by atoms with Crippen molar-refractivity contribution in [2.24, 2.45) is 5.92 Å². The Morgan fingerprint density at radius 3 is 2.47 bits per heavy atom. The predicted molar refractivity (Wildman–Crippen MR) is 122 cm³/mol. The van der Waals surface area contributed by atoms with Crippen molar-refractivity contribution in [2.45, 2.75) is 25.0 Å². The Hall–Kier alpha value is -3.94. The topological polar surface area (TPSA) is 67.9 Å². The molecule has 2 atom stereocenters. The van der Waals surface area contributed by atoms with Gasteiger partial charge in [-0.05, 0) is 67.4 Å². The molecule has 0 unspecified atom stereocenters. The largest absolute Gasteiger partial charge is 0.497 e. The number of β-lactam (4-membered cyclic amide) rings is 1. The molecule has 34 heavy (non-hydrogen) atoms. The van der Waals surface area contributed by atoms with Gasteiger partial charge in [0, 0.05) is 28.9 Å². The Labute approximate surface area is 195 Å². The van der Waals surface area contributed by atoms with E-state index in [1.807, 2.05) is 0 Å². The average Bonchev–Trinajstić information content (AvgIpc) is 3.69. The third-order valence-electron chi connectivity index (χ3n) is 5.99. The summed E-state index contributed by atoms with van der Waals surface area (Å²) in [5, 5.41) is 2.83. The molecule has 3 aromatic rings. The van der Waals surface area contributed by atoms with Crippen molar-refractivity contribution in [1.29, 1.82) is 0 Å². The normalized spacial score (nSPS) is 19.4. The fraction of sp³-hybridized carbons (Fsp3) is 0.231. The fourth-order valence-corrected chi connectivity index (χ4v) is 4.04. The lowest BCUT2D eigenvalue weighted by Crippen LogP contribution is -2.62. The number of benzene rings is 3. The molecule has 2 fully saturated rings. The van der Waals surface area contributed by atoms with Gasteiger partial charge in [0.25, 0.3) is 5.91 Å². The lowest BCUT2D eigenvalue weighted by molar-refractivity contribution is -0.135. The number of hydrogen-bond donors (Lipinski definition) is 1.